The molecule has 6 heteroatoms. The molecule has 1 fully saturated rings. The van der Waals surface area contributed by atoms with Gasteiger partial charge in [-0.3, -0.25) is 4.68 Å². The van der Waals surface area contributed by atoms with Crippen molar-refractivity contribution in [3.05, 3.63) is 22.8 Å². The van der Waals surface area contributed by atoms with Gasteiger partial charge >= 0.3 is 0 Å². The lowest BCUT2D eigenvalue weighted by atomic mass is 10.3. The van der Waals surface area contributed by atoms with Crippen LogP contribution in [-0.2, 0) is 11.3 Å². The molecule has 0 bridgehead atoms. The highest BCUT2D eigenvalue weighted by Gasteiger charge is 2.19. The van der Waals surface area contributed by atoms with E-state index in [0.717, 1.165) is 42.5 Å². The number of morpholine rings is 1. The van der Waals surface area contributed by atoms with Gasteiger partial charge in [0.1, 0.15) is 11.1 Å². The zero-order chi connectivity index (χ0) is 12.4. The summed E-state index contributed by atoms with van der Waals surface area (Å²) < 4.78 is 7.61. The number of rotatable bonds is 3. The van der Waals surface area contributed by atoms with E-state index in [2.05, 4.69) is 27.7 Å². The van der Waals surface area contributed by atoms with E-state index in [0.29, 0.717) is 0 Å². The van der Waals surface area contributed by atoms with Crippen LogP contribution in [0.25, 0.3) is 11.3 Å². The third kappa shape index (κ3) is 2.31. The third-order valence-corrected chi connectivity index (χ3v) is 3.91. The number of nitrogens with one attached hydrogen (secondary N) is 1. The Morgan fingerprint density at radius 3 is 3.28 bits per heavy atom. The molecule has 1 atom stereocenters. The van der Waals surface area contributed by atoms with Gasteiger partial charge in [-0.05, 0) is 6.92 Å². The quantitative estimate of drug-likeness (QED) is 0.916. The Hall–Kier alpha value is -1.24. The number of nitrogens with zero attached hydrogens (tertiary/aromatic N) is 3. The molecule has 0 saturated carbocycles. The molecule has 0 aliphatic carbocycles. The van der Waals surface area contributed by atoms with E-state index in [1.54, 1.807) is 11.3 Å². The van der Waals surface area contributed by atoms with Crippen LogP contribution in [0.4, 0.5) is 0 Å². The molecule has 2 aromatic heterocycles. The normalized spacial score (nSPS) is 20.2. The number of hydrogen-bond acceptors (Lipinski definition) is 5. The minimum atomic E-state index is 0.0960. The Morgan fingerprint density at radius 1 is 1.61 bits per heavy atom. The van der Waals surface area contributed by atoms with Crippen molar-refractivity contribution >= 4 is 11.3 Å². The van der Waals surface area contributed by atoms with Crippen LogP contribution in [0.2, 0.25) is 0 Å². The van der Waals surface area contributed by atoms with Gasteiger partial charge in [0.2, 0.25) is 0 Å². The maximum absolute atomic E-state index is 5.70. The lowest BCUT2D eigenvalue weighted by Gasteiger charge is -2.21. The first kappa shape index (κ1) is 11.8. The van der Waals surface area contributed by atoms with Gasteiger partial charge in [-0.2, -0.15) is 5.10 Å². The van der Waals surface area contributed by atoms with Gasteiger partial charge in [-0.15, -0.1) is 11.3 Å². The summed E-state index contributed by atoms with van der Waals surface area (Å²) in [5, 5.41) is 10.7. The van der Waals surface area contributed by atoms with Crippen LogP contribution in [0.3, 0.4) is 0 Å². The van der Waals surface area contributed by atoms with E-state index < -0.39 is 0 Å². The van der Waals surface area contributed by atoms with E-state index in [-0.39, 0.29) is 6.10 Å². The molecule has 3 heterocycles. The van der Waals surface area contributed by atoms with Crippen molar-refractivity contribution in [2.75, 3.05) is 19.7 Å². The molecule has 0 aromatic carbocycles. The van der Waals surface area contributed by atoms with Crippen molar-refractivity contribution in [3.63, 3.8) is 0 Å². The zero-order valence-corrected chi connectivity index (χ0v) is 11.1. The van der Waals surface area contributed by atoms with Gasteiger partial charge < -0.3 is 10.1 Å². The fraction of sp³-hybridized carbons (Fsp3) is 0.500. The van der Waals surface area contributed by atoms with E-state index in [1.807, 2.05) is 17.1 Å². The number of hydrogen-bond donors (Lipinski definition) is 1. The molecule has 1 unspecified atom stereocenters. The van der Waals surface area contributed by atoms with Crippen molar-refractivity contribution in [3.8, 4) is 11.3 Å². The van der Waals surface area contributed by atoms with Crippen molar-refractivity contribution in [2.24, 2.45) is 0 Å². The minimum Gasteiger partial charge on any atom is -0.368 e. The van der Waals surface area contributed by atoms with E-state index in [9.17, 15) is 0 Å². The van der Waals surface area contributed by atoms with Crippen LogP contribution in [0, 0.1) is 0 Å². The van der Waals surface area contributed by atoms with Crippen LogP contribution < -0.4 is 5.32 Å². The molecular weight excluding hydrogens is 248 g/mol. The van der Waals surface area contributed by atoms with Crippen molar-refractivity contribution in [2.45, 2.75) is 19.6 Å². The predicted molar refractivity (Wildman–Crippen MR) is 70.6 cm³/mol. The van der Waals surface area contributed by atoms with E-state index in [4.69, 9.17) is 4.74 Å². The maximum Gasteiger partial charge on any atom is 0.124 e. The van der Waals surface area contributed by atoms with Crippen LogP contribution >= 0.6 is 11.3 Å². The zero-order valence-electron chi connectivity index (χ0n) is 10.3. The second-order valence-electron chi connectivity index (χ2n) is 4.22. The average molecular weight is 264 g/mol. The molecule has 96 valence electrons. The summed E-state index contributed by atoms with van der Waals surface area (Å²) in [5.41, 5.74) is 2.06. The number of ether oxygens (including phenoxy) is 1. The molecule has 5 nitrogen and oxygen atoms in total. The number of aromatic nitrogens is 3. The third-order valence-electron chi connectivity index (χ3n) is 2.98. The Balaban J connectivity index is 1.79. The summed E-state index contributed by atoms with van der Waals surface area (Å²) in [4.78, 5) is 4.65. The Morgan fingerprint density at radius 2 is 2.56 bits per heavy atom. The predicted octanol–water partition coefficient (Wildman–Crippen LogP) is 1.69. The summed E-state index contributed by atoms with van der Waals surface area (Å²) in [6.45, 7) is 5.49. The summed E-state index contributed by atoms with van der Waals surface area (Å²) >= 11 is 1.65. The molecule has 1 saturated heterocycles. The summed E-state index contributed by atoms with van der Waals surface area (Å²) in [5.74, 6) is 0. The topological polar surface area (TPSA) is 52.0 Å². The van der Waals surface area contributed by atoms with Crippen LogP contribution in [-0.4, -0.2) is 34.5 Å². The molecule has 18 heavy (non-hydrogen) atoms. The Bertz CT molecular complexity index is 516. The van der Waals surface area contributed by atoms with Gasteiger partial charge in [0.05, 0.1) is 18.5 Å². The maximum atomic E-state index is 5.70. The first-order valence-corrected chi connectivity index (χ1v) is 7.05. The first-order valence-electron chi connectivity index (χ1n) is 6.17. The van der Waals surface area contributed by atoms with Crippen LogP contribution in [0.15, 0.2) is 17.8 Å². The summed E-state index contributed by atoms with van der Waals surface area (Å²) in [7, 11) is 0. The average Bonchev–Trinajstić information content (AvgIpc) is 3.08. The lowest BCUT2D eigenvalue weighted by Crippen LogP contribution is -2.33. The van der Waals surface area contributed by atoms with Gasteiger partial charge in [-0.25, -0.2) is 4.98 Å². The molecule has 0 spiro atoms. The van der Waals surface area contributed by atoms with Crippen molar-refractivity contribution < 1.29 is 4.74 Å². The van der Waals surface area contributed by atoms with Gasteiger partial charge in [0.15, 0.2) is 0 Å². The molecule has 1 aliphatic rings. The lowest BCUT2D eigenvalue weighted by molar-refractivity contribution is 0.0276. The number of aryl methyl sites for hydroxylation is 1. The monoisotopic (exact) mass is 264 g/mol. The highest BCUT2D eigenvalue weighted by Crippen LogP contribution is 2.27. The minimum absolute atomic E-state index is 0.0960. The second kappa shape index (κ2) is 5.17. The van der Waals surface area contributed by atoms with E-state index >= 15 is 0 Å². The van der Waals surface area contributed by atoms with Crippen LogP contribution in [0.5, 0.6) is 0 Å². The molecule has 1 aliphatic heterocycles. The molecule has 0 radical (unpaired) electrons. The van der Waals surface area contributed by atoms with Gasteiger partial charge in [0.25, 0.3) is 0 Å². The molecule has 0 amide bonds. The number of thiazole rings is 1. The molecular formula is C12H16N4OS. The fourth-order valence-electron chi connectivity index (χ4n) is 1.96. The molecule has 1 N–H and O–H groups in total. The SMILES string of the molecule is CCn1cc(-c2csc(C3CNCCO3)n2)cn1. The van der Waals surface area contributed by atoms with Crippen molar-refractivity contribution in [1.29, 1.82) is 0 Å². The van der Waals surface area contributed by atoms with Gasteiger partial charge in [0, 0.05) is 36.8 Å². The fourth-order valence-corrected chi connectivity index (χ4v) is 2.84. The Kier molecular flexibility index (Phi) is 3.40. The summed E-state index contributed by atoms with van der Waals surface area (Å²) in [6.07, 6.45) is 3.99. The van der Waals surface area contributed by atoms with Crippen molar-refractivity contribution in [1.82, 2.24) is 20.1 Å². The first-order chi connectivity index (χ1) is 8.86. The highest BCUT2D eigenvalue weighted by atomic mass is 32.1. The largest absolute Gasteiger partial charge is 0.368 e. The Labute approximate surface area is 110 Å². The standard InChI is InChI=1S/C12H16N4OS/c1-2-16-7-9(5-14-16)10-8-18-12(15-10)11-6-13-3-4-17-11/h5,7-8,11,13H,2-4,6H2,1H3. The smallest absolute Gasteiger partial charge is 0.124 e. The molecule has 3 rings (SSSR count). The molecule has 2 aromatic rings. The second-order valence-corrected chi connectivity index (χ2v) is 5.11. The van der Waals surface area contributed by atoms with Crippen LogP contribution in [0.1, 0.15) is 18.0 Å². The highest BCUT2D eigenvalue weighted by molar-refractivity contribution is 7.10. The summed E-state index contributed by atoms with van der Waals surface area (Å²) in [6, 6.07) is 0. The van der Waals surface area contributed by atoms with Gasteiger partial charge in [-0.1, -0.05) is 0 Å². The van der Waals surface area contributed by atoms with E-state index in [1.165, 1.54) is 0 Å².